The number of aromatic nitrogens is 3. The summed E-state index contributed by atoms with van der Waals surface area (Å²) in [6.07, 6.45) is 0.563. The van der Waals surface area contributed by atoms with E-state index in [0.29, 0.717) is 18.7 Å². The third-order valence-corrected chi connectivity index (χ3v) is 3.24. The van der Waals surface area contributed by atoms with Crippen LogP contribution < -0.4 is 0 Å². The van der Waals surface area contributed by atoms with Gasteiger partial charge in [-0.3, -0.25) is 4.79 Å². The van der Waals surface area contributed by atoms with Gasteiger partial charge in [0.05, 0.1) is 6.61 Å². The fourth-order valence-electron chi connectivity index (χ4n) is 2.16. The Hall–Kier alpha value is -2.89. The minimum Gasteiger partial charge on any atom is -0.506 e. The first-order valence-electron chi connectivity index (χ1n) is 6.91. The van der Waals surface area contributed by atoms with E-state index in [9.17, 15) is 9.90 Å². The molecule has 0 aliphatic carbocycles. The molecule has 3 aromatic rings. The SMILES string of the molecule is CC(=O)OCCc1ccc(O)c(-n2nc3ccccc3n2)c1. The zero-order valence-corrected chi connectivity index (χ0v) is 12.1. The molecule has 1 heterocycles. The van der Waals surface area contributed by atoms with Gasteiger partial charge >= 0.3 is 5.97 Å². The van der Waals surface area contributed by atoms with Crippen molar-refractivity contribution < 1.29 is 14.6 Å². The highest BCUT2D eigenvalue weighted by atomic mass is 16.5. The normalized spacial score (nSPS) is 10.8. The molecule has 3 rings (SSSR count). The molecule has 0 saturated carbocycles. The molecule has 0 fully saturated rings. The number of fused-ring (bicyclic) bond motifs is 1. The molecule has 1 aromatic heterocycles. The lowest BCUT2D eigenvalue weighted by molar-refractivity contribution is -0.140. The average molecular weight is 297 g/mol. The minimum absolute atomic E-state index is 0.0940. The van der Waals surface area contributed by atoms with E-state index < -0.39 is 0 Å². The fraction of sp³-hybridized carbons (Fsp3) is 0.188. The molecular formula is C16H15N3O3. The van der Waals surface area contributed by atoms with E-state index in [-0.39, 0.29) is 11.7 Å². The van der Waals surface area contributed by atoms with Crippen LogP contribution in [0.4, 0.5) is 0 Å². The number of phenolic OH excluding ortho intramolecular Hbond substituents is 1. The number of nitrogens with zero attached hydrogens (tertiary/aromatic N) is 3. The Morgan fingerprint density at radius 2 is 1.86 bits per heavy atom. The second-order valence-corrected chi connectivity index (χ2v) is 4.89. The van der Waals surface area contributed by atoms with Crippen LogP contribution in [-0.4, -0.2) is 32.7 Å². The molecule has 0 radical (unpaired) electrons. The van der Waals surface area contributed by atoms with E-state index in [1.165, 1.54) is 11.7 Å². The average Bonchev–Trinajstić information content (AvgIpc) is 2.92. The minimum atomic E-state index is -0.306. The molecule has 1 N–H and O–H groups in total. The summed E-state index contributed by atoms with van der Waals surface area (Å²) in [6, 6.07) is 12.7. The highest BCUT2D eigenvalue weighted by molar-refractivity contribution is 5.73. The van der Waals surface area contributed by atoms with E-state index in [1.54, 1.807) is 18.2 Å². The number of aromatic hydroxyl groups is 1. The first kappa shape index (κ1) is 14.1. The van der Waals surface area contributed by atoms with Crippen LogP contribution in [0.5, 0.6) is 5.75 Å². The molecule has 0 spiro atoms. The molecule has 112 valence electrons. The predicted octanol–water partition coefficient (Wildman–Crippen LogP) is 2.23. The predicted molar refractivity (Wildman–Crippen MR) is 80.9 cm³/mol. The van der Waals surface area contributed by atoms with Gasteiger partial charge in [-0.2, -0.15) is 0 Å². The summed E-state index contributed by atoms with van der Waals surface area (Å²) in [5.41, 5.74) is 2.94. The first-order chi connectivity index (χ1) is 10.6. The molecule has 6 heteroatoms. The summed E-state index contributed by atoms with van der Waals surface area (Å²) in [4.78, 5) is 12.2. The second-order valence-electron chi connectivity index (χ2n) is 4.89. The molecule has 0 aliphatic rings. The largest absolute Gasteiger partial charge is 0.506 e. The van der Waals surface area contributed by atoms with Gasteiger partial charge in [-0.05, 0) is 29.8 Å². The molecule has 0 aliphatic heterocycles. The number of carbonyl (C=O) groups is 1. The number of phenols is 1. The Bertz CT molecular complexity index is 793. The van der Waals surface area contributed by atoms with Gasteiger partial charge in [0, 0.05) is 13.3 Å². The highest BCUT2D eigenvalue weighted by Gasteiger charge is 2.09. The van der Waals surface area contributed by atoms with Crippen molar-refractivity contribution in [1.82, 2.24) is 15.0 Å². The standard InChI is InChI=1S/C16H15N3O3/c1-11(20)22-9-8-12-6-7-16(21)15(10-12)19-17-13-4-2-3-5-14(13)18-19/h2-7,10,21H,8-9H2,1H3. The Labute approximate surface area is 126 Å². The van der Waals surface area contributed by atoms with Crippen molar-refractivity contribution in [2.75, 3.05) is 6.61 Å². The number of hydrogen-bond acceptors (Lipinski definition) is 5. The summed E-state index contributed by atoms with van der Waals surface area (Å²) in [6.45, 7) is 1.68. The molecule has 22 heavy (non-hydrogen) atoms. The van der Waals surface area contributed by atoms with Crippen molar-refractivity contribution in [3.63, 3.8) is 0 Å². The summed E-state index contributed by atoms with van der Waals surface area (Å²) >= 11 is 0. The first-order valence-corrected chi connectivity index (χ1v) is 6.91. The molecule has 0 bridgehead atoms. The van der Waals surface area contributed by atoms with Gasteiger partial charge < -0.3 is 9.84 Å². The van der Waals surface area contributed by atoms with Crippen molar-refractivity contribution in [3.05, 3.63) is 48.0 Å². The molecular weight excluding hydrogens is 282 g/mol. The third-order valence-electron chi connectivity index (χ3n) is 3.24. The molecule has 2 aromatic carbocycles. The van der Waals surface area contributed by atoms with Crippen LogP contribution in [0.3, 0.4) is 0 Å². The topological polar surface area (TPSA) is 77.2 Å². The molecule has 6 nitrogen and oxygen atoms in total. The van der Waals surface area contributed by atoms with Crippen molar-refractivity contribution >= 4 is 17.0 Å². The maximum atomic E-state index is 10.8. The molecule has 0 saturated heterocycles. The summed E-state index contributed by atoms with van der Waals surface area (Å²) in [5.74, 6) is -0.212. The Balaban J connectivity index is 1.90. The molecule has 0 atom stereocenters. The monoisotopic (exact) mass is 297 g/mol. The Morgan fingerprint density at radius 3 is 2.50 bits per heavy atom. The van der Waals surface area contributed by atoms with Crippen LogP contribution in [-0.2, 0) is 16.0 Å². The summed E-state index contributed by atoms with van der Waals surface area (Å²) in [5, 5.41) is 18.7. The lowest BCUT2D eigenvalue weighted by atomic mass is 10.1. The van der Waals surface area contributed by atoms with Crippen LogP contribution in [0.2, 0.25) is 0 Å². The third kappa shape index (κ3) is 2.90. The lowest BCUT2D eigenvalue weighted by Gasteiger charge is -2.07. The van der Waals surface area contributed by atoms with Gasteiger partial charge in [-0.15, -0.1) is 15.0 Å². The number of rotatable bonds is 4. The zero-order chi connectivity index (χ0) is 15.5. The fourth-order valence-corrected chi connectivity index (χ4v) is 2.16. The zero-order valence-electron chi connectivity index (χ0n) is 12.1. The summed E-state index contributed by atoms with van der Waals surface area (Å²) in [7, 11) is 0. The lowest BCUT2D eigenvalue weighted by Crippen LogP contribution is -2.05. The molecule has 0 amide bonds. The van der Waals surface area contributed by atoms with Gasteiger partial charge in [0.25, 0.3) is 0 Å². The van der Waals surface area contributed by atoms with E-state index in [0.717, 1.165) is 16.6 Å². The Morgan fingerprint density at radius 1 is 1.18 bits per heavy atom. The maximum Gasteiger partial charge on any atom is 0.302 e. The van der Waals surface area contributed by atoms with Gasteiger partial charge in [0.2, 0.25) is 0 Å². The Kier molecular flexibility index (Phi) is 3.74. The smallest absolute Gasteiger partial charge is 0.302 e. The van der Waals surface area contributed by atoms with Gasteiger partial charge in [0.15, 0.2) is 0 Å². The van der Waals surface area contributed by atoms with E-state index >= 15 is 0 Å². The number of benzene rings is 2. The van der Waals surface area contributed by atoms with Crippen molar-refractivity contribution in [1.29, 1.82) is 0 Å². The highest BCUT2D eigenvalue weighted by Crippen LogP contribution is 2.23. The van der Waals surface area contributed by atoms with Gasteiger partial charge in [0.1, 0.15) is 22.5 Å². The van der Waals surface area contributed by atoms with E-state index in [2.05, 4.69) is 10.2 Å². The van der Waals surface area contributed by atoms with Crippen LogP contribution in [0, 0.1) is 0 Å². The summed E-state index contributed by atoms with van der Waals surface area (Å²) < 4.78 is 4.93. The van der Waals surface area contributed by atoms with E-state index in [1.807, 2.05) is 24.3 Å². The number of hydrogen-bond donors (Lipinski definition) is 1. The van der Waals surface area contributed by atoms with Crippen molar-refractivity contribution in [2.24, 2.45) is 0 Å². The number of carbonyl (C=O) groups excluding carboxylic acids is 1. The van der Waals surface area contributed by atoms with E-state index in [4.69, 9.17) is 4.74 Å². The van der Waals surface area contributed by atoms with Crippen molar-refractivity contribution in [2.45, 2.75) is 13.3 Å². The van der Waals surface area contributed by atoms with Crippen LogP contribution in [0.25, 0.3) is 16.7 Å². The second kappa shape index (κ2) is 5.85. The number of esters is 1. The maximum absolute atomic E-state index is 10.8. The molecule has 0 unspecified atom stereocenters. The van der Waals surface area contributed by atoms with Gasteiger partial charge in [-0.25, -0.2) is 0 Å². The quantitative estimate of drug-likeness (QED) is 0.747. The van der Waals surface area contributed by atoms with Gasteiger partial charge in [-0.1, -0.05) is 18.2 Å². The van der Waals surface area contributed by atoms with Crippen molar-refractivity contribution in [3.8, 4) is 11.4 Å². The number of ether oxygens (including phenoxy) is 1. The van der Waals surface area contributed by atoms with Crippen LogP contribution in [0.15, 0.2) is 42.5 Å². The van der Waals surface area contributed by atoms with Crippen LogP contribution in [0.1, 0.15) is 12.5 Å². The van der Waals surface area contributed by atoms with Crippen LogP contribution >= 0.6 is 0 Å².